The van der Waals surface area contributed by atoms with Crippen molar-refractivity contribution < 1.29 is 27.1 Å². The fourth-order valence-corrected chi connectivity index (χ4v) is 2.98. The standard InChI is InChI=1S/C15H13F4NO2S/c1-3-22-14(21)13-8(2)20-12(23-13)7-9-4-5-10(11(16)6-9)15(17,18)19/h4-6H,3,7H2,1-2H3. The Balaban J connectivity index is 2.22. The van der Waals surface area contributed by atoms with Crippen molar-refractivity contribution >= 4 is 17.3 Å². The normalized spacial score (nSPS) is 11.6. The summed E-state index contributed by atoms with van der Waals surface area (Å²) in [5, 5.41) is 0.504. The van der Waals surface area contributed by atoms with Gasteiger partial charge >= 0.3 is 12.1 Å². The van der Waals surface area contributed by atoms with Gasteiger partial charge in [0, 0.05) is 6.42 Å². The number of aryl methyl sites for hydroxylation is 1. The van der Waals surface area contributed by atoms with Gasteiger partial charge < -0.3 is 4.74 Å². The maximum absolute atomic E-state index is 13.6. The van der Waals surface area contributed by atoms with Crippen molar-refractivity contribution in [3.05, 3.63) is 50.7 Å². The van der Waals surface area contributed by atoms with Crippen LogP contribution in [-0.4, -0.2) is 17.6 Å². The highest BCUT2D eigenvalue weighted by Crippen LogP contribution is 2.32. The number of halogens is 4. The number of hydrogen-bond acceptors (Lipinski definition) is 4. The first-order chi connectivity index (χ1) is 10.7. The average Bonchev–Trinajstić information content (AvgIpc) is 2.78. The van der Waals surface area contributed by atoms with Crippen LogP contribution in [0.2, 0.25) is 0 Å². The van der Waals surface area contributed by atoms with Crippen LogP contribution in [0.5, 0.6) is 0 Å². The lowest BCUT2D eigenvalue weighted by Crippen LogP contribution is -2.08. The molecular weight excluding hydrogens is 334 g/mol. The van der Waals surface area contributed by atoms with Gasteiger partial charge in [0.1, 0.15) is 10.7 Å². The lowest BCUT2D eigenvalue weighted by atomic mass is 10.1. The van der Waals surface area contributed by atoms with Gasteiger partial charge in [0.2, 0.25) is 0 Å². The highest BCUT2D eigenvalue weighted by atomic mass is 32.1. The van der Waals surface area contributed by atoms with Crippen LogP contribution in [0.1, 0.15) is 38.4 Å². The third-order valence-electron chi connectivity index (χ3n) is 3.00. The second-order valence-electron chi connectivity index (χ2n) is 4.73. The summed E-state index contributed by atoms with van der Waals surface area (Å²) in [5.41, 5.74) is -0.473. The van der Waals surface area contributed by atoms with E-state index in [9.17, 15) is 22.4 Å². The van der Waals surface area contributed by atoms with E-state index in [0.29, 0.717) is 27.2 Å². The number of benzene rings is 1. The minimum Gasteiger partial charge on any atom is -0.462 e. The molecule has 0 saturated carbocycles. The predicted octanol–water partition coefficient (Wildman–Crippen LogP) is 4.38. The molecule has 8 heteroatoms. The lowest BCUT2D eigenvalue weighted by molar-refractivity contribution is -0.140. The van der Waals surface area contributed by atoms with E-state index in [0.717, 1.165) is 17.4 Å². The number of rotatable bonds is 4. The molecular formula is C15H13F4NO2S. The van der Waals surface area contributed by atoms with Gasteiger partial charge in [-0.3, -0.25) is 0 Å². The molecule has 0 N–H and O–H groups in total. The van der Waals surface area contributed by atoms with Crippen molar-refractivity contribution in [2.24, 2.45) is 0 Å². The maximum atomic E-state index is 13.6. The van der Waals surface area contributed by atoms with Gasteiger partial charge in [0.15, 0.2) is 0 Å². The van der Waals surface area contributed by atoms with Crippen molar-refractivity contribution in [2.75, 3.05) is 6.61 Å². The van der Waals surface area contributed by atoms with Gasteiger partial charge in [0.05, 0.1) is 22.9 Å². The molecule has 2 aromatic rings. The van der Waals surface area contributed by atoms with Gasteiger partial charge in [-0.2, -0.15) is 13.2 Å². The van der Waals surface area contributed by atoms with Crippen LogP contribution in [0.15, 0.2) is 18.2 Å². The molecule has 0 amide bonds. The number of ether oxygens (including phenoxy) is 1. The Hall–Kier alpha value is -1.96. The molecule has 1 aromatic carbocycles. The van der Waals surface area contributed by atoms with Crippen molar-refractivity contribution in [2.45, 2.75) is 26.4 Å². The molecule has 0 fully saturated rings. The fourth-order valence-electron chi connectivity index (χ4n) is 1.99. The molecule has 23 heavy (non-hydrogen) atoms. The Labute approximate surface area is 133 Å². The average molecular weight is 347 g/mol. The van der Waals surface area contributed by atoms with Crippen LogP contribution in [0.25, 0.3) is 0 Å². The predicted molar refractivity (Wildman–Crippen MR) is 77.0 cm³/mol. The zero-order chi connectivity index (χ0) is 17.2. The number of carbonyl (C=O) groups is 1. The Morgan fingerprint density at radius 2 is 2.04 bits per heavy atom. The van der Waals surface area contributed by atoms with Crippen molar-refractivity contribution in [3.63, 3.8) is 0 Å². The molecule has 0 saturated heterocycles. The smallest absolute Gasteiger partial charge is 0.419 e. The first kappa shape index (κ1) is 17.4. The highest BCUT2D eigenvalue weighted by molar-refractivity contribution is 7.13. The lowest BCUT2D eigenvalue weighted by Gasteiger charge is -2.08. The number of esters is 1. The van der Waals surface area contributed by atoms with Crippen molar-refractivity contribution in [1.29, 1.82) is 0 Å². The molecule has 0 aliphatic rings. The largest absolute Gasteiger partial charge is 0.462 e. The van der Waals surface area contributed by atoms with Crippen LogP contribution in [-0.2, 0) is 17.3 Å². The molecule has 0 aliphatic carbocycles. The molecule has 1 aromatic heterocycles. The number of nitrogens with zero attached hydrogens (tertiary/aromatic N) is 1. The molecule has 0 aliphatic heterocycles. The van der Waals surface area contributed by atoms with E-state index >= 15 is 0 Å². The summed E-state index contributed by atoms with van der Waals surface area (Å²) in [4.78, 5) is 16.2. The Morgan fingerprint density at radius 3 is 2.61 bits per heavy atom. The fraction of sp³-hybridized carbons (Fsp3) is 0.333. The maximum Gasteiger partial charge on any atom is 0.419 e. The summed E-state index contributed by atoms with van der Waals surface area (Å²) in [5.74, 6) is -1.82. The summed E-state index contributed by atoms with van der Waals surface area (Å²) in [6, 6.07) is 2.74. The van der Waals surface area contributed by atoms with E-state index in [1.54, 1.807) is 13.8 Å². The Bertz CT molecular complexity index is 725. The first-order valence-electron chi connectivity index (χ1n) is 6.71. The van der Waals surface area contributed by atoms with Crippen LogP contribution in [0.3, 0.4) is 0 Å². The van der Waals surface area contributed by atoms with Gasteiger partial charge in [-0.05, 0) is 31.5 Å². The Morgan fingerprint density at radius 1 is 1.35 bits per heavy atom. The van der Waals surface area contributed by atoms with E-state index in [1.807, 2.05) is 0 Å². The second-order valence-corrected chi connectivity index (χ2v) is 5.81. The number of carbonyl (C=O) groups excluding carboxylic acids is 1. The van der Waals surface area contributed by atoms with E-state index in [1.165, 1.54) is 6.07 Å². The van der Waals surface area contributed by atoms with Crippen LogP contribution in [0.4, 0.5) is 17.6 Å². The summed E-state index contributed by atoms with van der Waals surface area (Å²) >= 11 is 1.09. The quantitative estimate of drug-likeness (QED) is 0.609. The van der Waals surface area contributed by atoms with E-state index in [2.05, 4.69) is 4.98 Å². The van der Waals surface area contributed by atoms with Crippen LogP contribution >= 0.6 is 11.3 Å². The molecule has 124 valence electrons. The molecule has 0 radical (unpaired) electrons. The molecule has 2 rings (SSSR count). The van der Waals surface area contributed by atoms with Crippen molar-refractivity contribution in [1.82, 2.24) is 4.98 Å². The number of thiazole rings is 1. The van der Waals surface area contributed by atoms with Gasteiger partial charge in [0.25, 0.3) is 0 Å². The molecule has 0 atom stereocenters. The minimum absolute atomic E-state index is 0.139. The highest BCUT2D eigenvalue weighted by Gasteiger charge is 2.33. The van der Waals surface area contributed by atoms with E-state index in [-0.39, 0.29) is 13.0 Å². The molecule has 0 bridgehead atoms. The van der Waals surface area contributed by atoms with Gasteiger partial charge in [-0.15, -0.1) is 11.3 Å². The molecule has 0 spiro atoms. The Kier molecular flexibility index (Phi) is 5.03. The van der Waals surface area contributed by atoms with Crippen molar-refractivity contribution in [3.8, 4) is 0 Å². The number of hydrogen-bond donors (Lipinski definition) is 0. The zero-order valence-electron chi connectivity index (χ0n) is 12.3. The number of alkyl halides is 3. The number of aromatic nitrogens is 1. The van der Waals surface area contributed by atoms with E-state index in [4.69, 9.17) is 4.74 Å². The third kappa shape index (κ3) is 4.07. The van der Waals surface area contributed by atoms with Crippen LogP contribution < -0.4 is 0 Å². The van der Waals surface area contributed by atoms with E-state index < -0.39 is 23.5 Å². The summed E-state index contributed by atoms with van der Waals surface area (Å²) in [6.45, 7) is 3.55. The summed E-state index contributed by atoms with van der Waals surface area (Å²) in [7, 11) is 0. The molecule has 1 heterocycles. The zero-order valence-corrected chi connectivity index (χ0v) is 13.1. The first-order valence-corrected chi connectivity index (χ1v) is 7.53. The monoisotopic (exact) mass is 347 g/mol. The summed E-state index contributed by atoms with van der Waals surface area (Å²) < 4.78 is 56.0. The SMILES string of the molecule is CCOC(=O)c1sc(Cc2ccc(C(F)(F)F)c(F)c2)nc1C. The summed E-state index contributed by atoms with van der Waals surface area (Å²) in [6.07, 6.45) is -4.59. The second kappa shape index (κ2) is 6.66. The molecule has 3 nitrogen and oxygen atoms in total. The minimum atomic E-state index is -4.72. The molecule has 0 unspecified atom stereocenters. The van der Waals surface area contributed by atoms with Gasteiger partial charge in [-0.1, -0.05) is 6.07 Å². The third-order valence-corrected chi connectivity index (χ3v) is 4.13. The van der Waals surface area contributed by atoms with Crippen LogP contribution in [0, 0.1) is 12.7 Å². The van der Waals surface area contributed by atoms with Gasteiger partial charge in [-0.25, -0.2) is 14.2 Å². The topological polar surface area (TPSA) is 39.2 Å².